The standard InChI is InChI=1S/C52H103N2O6P/c1-6-8-10-12-14-16-18-20-21-22-23-24-25-26-27-28-29-30-31-32-34-35-37-39-41-43-45-51(55)50(49-60-61(57,58)59-48-47-54(3,4)5)53-52(56)46-44-42-40-38-36-33-19-17-15-13-11-9-7-2/h17,19,43,45,50-51,55H,6-16,18,20-42,44,46-49H2,1-5H3,(H-,53,56,57,58)/b19-17-,45-43+. The predicted molar refractivity (Wildman–Crippen MR) is 261 cm³/mol. The van der Waals surface area contributed by atoms with Crippen LogP contribution in [0, 0.1) is 0 Å². The van der Waals surface area contributed by atoms with Crippen LogP contribution in [0.2, 0.25) is 0 Å². The van der Waals surface area contributed by atoms with Gasteiger partial charge in [0.05, 0.1) is 39.9 Å². The minimum Gasteiger partial charge on any atom is -0.756 e. The van der Waals surface area contributed by atoms with E-state index in [1.807, 2.05) is 27.2 Å². The first-order valence-corrected chi connectivity index (χ1v) is 27.7. The Bertz CT molecular complexity index is 1050. The van der Waals surface area contributed by atoms with Crippen molar-refractivity contribution in [2.24, 2.45) is 0 Å². The van der Waals surface area contributed by atoms with Gasteiger partial charge >= 0.3 is 0 Å². The summed E-state index contributed by atoms with van der Waals surface area (Å²) in [6.45, 7) is 4.65. The lowest BCUT2D eigenvalue weighted by Crippen LogP contribution is -2.45. The molecule has 0 aromatic heterocycles. The zero-order valence-corrected chi connectivity index (χ0v) is 42.0. The number of phosphoric acid groups is 1. The summed E-state index contributed by atoms with van der Waals surface area (Å²) in [7, 11) is 1.26. The van der Waals surface area contributed by atoms with Gasteiger partial charge in [0.15, 0.2) is 0 Å². The number of hydrogen-bond donors (Lipinski definition) is 2. The molecule has 3 atom stereocenters. The lowest BCUT2D eigenvalue weighted by molar-refractivity contribution is -0.870. The van der Waals surface area contributed by atoms with Gasteiger partial charge in [0.25, 0.3) is 7.82 Å². The summed E-state index contributed by atoms with van der Waals surface area (Å²) < 4.78 is 23.3. The van der Waals surface area contributed by atoms with Gasteiger partial charge in [-0.1, -0.05) is 224 Å². The fraction of sp³-hybridized carbons (Fsp3) is 0.904. The Balaban J connectivity index is 4.19. The first-order chi connectivity index (χ1) is 29.5. The second-order valence-electron chi connectivity index (χ2n) is 19.2. The second-order valence-corrected chi connectivity index (χ2v) is 20.6. The Morgan fingerprint density at radius 1 is 0.557 bits per heavy atom. The summed E-state index contributed by atoms with van der Waals surface area (Å²) in [5, 5.41) is 13.8. The van der Waals surface area contributed by atoms with Crippen molar-refractivity contribution in [3.05, 3.63) is 24.3 Å². The third-order valence-corrected chi connectivity index (χ3v) is 12.9. The lowest BCUT2D eigenvalue weighted by Gasteiger charge is -2.29. The van der Waals surface area contributed by atoms with Crippen LogP contribution in [0.3, 0.4) is 0 Å². The number of likely N-dealkylation sites (N-methyl/N-ethyl adjacent to an activating group) is 1. The molecule has 0 saturated carbocycles. The van der Waals surface area contributed by atoms with E-state index in [1.165, 1.54) is 180 Å². The molecule has 0 aliphatic heterocycles. The van der Waals surface area contributed by atoms with Gasteiger partial charge in [-0.05, 0) is 44.9 Å². The lowest BCUT2D eigenvalue weighted by atomic mass is 10.0. The average Bonchev–Trinajstić information content (AvgIpc) is 3.21. The second kappa shape index (κ2) is 44.2. The first-order valence-electron chi connectivity index (χ1n) is 26.2. The fourth-order valence-electron chi connectivity index (χ4n) is 7.74. The minimum atomic E-state index is -4.59. The monoisotopic (exact) mass is 883 g/mol. The van der Waals surface area contributed by atoms with Gasteiger partial charge in [-0.3, -0.25) is 9.36 Å². The van der Waals surface area contributed by atoms with Gasteiger partial charge in [-0.15, -0.1) is 0 Å². The van der Waals surface area contributed by atoms with E-state index in [9.17, 15) is 19.4 Å². The highest BCUT2D eigenvalue weighted by molar-refractivity contribution is 7.45. The van der Waals surface area contributed by atoms with Crippen molar-refractivity contribution in [1.29, 1.82) is 0 Å². The van der Waals surface area contributed by atoms with Crippen molar-refractivity contribution in [1.82, 2.24) is 5.32 Å². The quantitative estimate of drug-likeness (QED) is 0.0273. The number of rotatable bonds is 48. The normalized spacial score (nSPS) is 14.3. The number of carbonyl (C=O) groups is 1. The number of nitrogens with zero attached hydrogens (tertiary/aromatic N) is 1. The maximum absolute atomic E-state index is 12.9. The van der Waals surface area contributed by atoms with Crippen LogP contribution < -0.4 is 10.2 Å². The van der Waals surface area contributed by atoms with Crippen LogP contribution in [-0.2, 0) is 18.4 Å². The summed E-state index contributed by atoms with van der Waals surface area (Å²) in [6, 6.07) is -0.888. The van der Waals surface area contributed by atoms with Crippen LogP contribution in [0.1, 0.15) is 251 Å². The highest BCUT2D eigenvalue weighted by Crippen LogP contribution is 2.38. The molecule has 0 saturated heterocycles. The molecule has 0 aliphatic carbocycles. The minimum absolute atomic E-state index is 0.00131. The molecule has 0 radical (unpaired) electrons. The maximum Gasteiger partial charge on any atom is 0.268 e. The van der Waals surface area contributed by atoms with Crippen molar-refractivity contribution in [3.8, 4) is 0 Å². The highest BCUT2D eigenvalue weighted by Gasteiger charge is 2.23. The first kappa shape index (κ1) is 60.0. The number of phosphoric ester groups is 1. The van der Waals surface area contributed by atoms with Gasteiger partial charge in [-0.25, -0.2) is 0 Å². The molecule has 0 bridgehead atoms. The van der Waals surface area contributed by atoms with Crippen molar-refractivity contribution in [3.63, 3.8) is 0 Å². The van der Waals surface area contributed by atoms with Crippen LogP contribution in [0.15, 0.2) is 24.3 Å². The highest BCUT2D eigenvalue weighted by atomic mass is 31.2. The number of aliphatic hydroxyl groups is 1. The van der Waals surface area contributed by atoms with Crippen molar-refractivity contribution in [2.75, 3.05) is 40.9 Å². The van der Waals surface area contributed by atoms with E-state index >= 15 is 0 Å². The molecule has 0 aromatic carbocycles. The van der Waals surface area contributed by atoms with Crippen molar-refractivity contribution >= 4 is 13.7 Å². The van der Waals surface area contributed by atoms with E-state index in [-0.39, 0.29) is 19.1 Å². The molecule has 61 heavy (non-hydrogen) atoms. The number of unbranched alkanes of at least 4 members (excludes halogenated alkanes) is 33. The molecule has 0 spiro atoms. The molecular weight excluding hydrogens is 780 g/mol. The average molecular weight is 883 g/mol. The molecule has 3 unspecified atom stereocenters. The van der Waals surface area contributed by atoms with Gasteiger partial charge in [0.2, 0.25) is 5.91 Å². The zero-order chi connectivity index (χ0) is 45.0. The molecule has 8 nitrogen and oxygen atoms in total. The number of quaternary nitrogens is 1. The van der Waals surface area contributed by atoms with E-state index in [1.54, 1.807) is 6.08 Å². The molecule has 1 amide bonds. The molecular formula is C52H103N2O6P. The summed E-state index contributed by atoms with van der Waals surface area (Å²) in [5.74, 6) is -0.205. The summed E-state index contributed by atoms with van der Waals surface area (Å²) in [6.07, 6.45) is 53.9. The summed E-state index contributed by atoms with van der Waals surface area (Å²) in [4.78, 5) is 25.3. The van der Waals surface area contributed by atoms with Crippen molar-refractivity contribution < 1.29 is 32.9 Å². The molecule has 2 N–H and O–H groups in total. The van der Waals surface area contributed by atoms with Gasteiger partial charge in [0, 0.05) is 6.42 Å². The number of hydrogen-bond acceptors (Lipinski definition) is 6. The summed E-state index contributed by atoms with van der Waals surface area (Å²) in [5.41, 5.74) is 0. The van der Waals surface area contributed by atoms with Gasteiger partial charge in [-0.2, -0.15) is 0 Å². The molecule has 0 aliphatic rings. The Labute approximate surface area is 379 Å². The number of carbonyl (C=O) groups excluding carboxylic acids is 1. The Hall–Kier alpha value is -1.02. The number of aliphatic hydroxyl groups excluding tert-OH is 1. The SMILES string of the molecule is CCCCCC/C=C\CCCCCCCC(=O)NC(COP(=O)([O-])OCC[N+](C)(C)C)C(O)/C=C/CCCCCCCCCCCCCCCCCCCCCCCCCC. The smallest absolute Gasteiger partial charge is 0.268 e. The molecule has 362 valence electrons. The number of amides is 1. The van der Waals surface area contributed by atoms with Crippen molar-refractivity contribution in [2.45, 2.75) is 264 Å². The number of nitrogens with one attached hydrogen (secondary N) is 1. The Morgan fingerprint density at radius 3 is 1.30 bits per heavy atom. The third kappa shape index (κ3) is 46.8. The molecule has 0 heterocycles. The van der Waals surface area contributed by atoms with Crippen LogP contribution in [0.4, 0.5) is 0 Å². The number of allylic oxidation sites excluding steroid dienone is 3. The molecule has 0 fully saturated rings. The third-order valence-electron chi connectivity index (χ3n) is 11.9. The van der Waals surface area contributed by atoms with E-state index in [0.717, 1.165) is 51.4 Å². The fourth-order valence-corrected chi connectivity index (χ4v) is 8.46. The van der Waals surface area contributed by atoms with Crippen LogP contribution >= 0.6 is 7.82 Å². The van der Waals surface area contributed by atoms with E-state index in [2.05, 4.69) is 31.3 Å². The largest absolute Gasteiger partial charge is 0.756 e. The predicted octanol–water partition coefficient (Wildman–Crippen LogP) is 14.6. The molecule has 9 heteroatoms. The maximum atomic E-state index is 12.9. The van der Waals surface area contributed by atoms with E-state index in [0.29, 0.717) is 17.4 Å². The van der Waals surface area contributed by atoms with Gasteiger partial charge in [0.1, 0.15) is 13.2 Å². The molecule has 0 rings (SSSR count). The topological polar surface area (TPSA) is 108 Å². The van der Waals surface area contributed by atoms with Crippen LogP contribution in [0.25, 0.3) is 0 Å². The summed E-state index contributed by atoms with van der Waals surface area (Å²) >= 11 is 0. The Morgan fingerprint density at radius 2 is 0.902 bits per heavy atom. The zero-order valence-electron chi connectivity index (χ0n) is 41.1. The van der Waals surface area contributed by atoms with E-state index in [4.69, 9.17) is 9.05 Å². The van der Waals surface area contributed by atoms with Crippen LogP contribution in [0.5, 0.6) is 0 Å². The van der Waals surface area contributed by atoms with Gasteiger partial charge < -0.3 is 28.8 Å². The van der Waals surface area contributed by atoms with E-state index < -0.39 is 20.0 Å². The Kier molecular flexibility index (Phi) is 43.5. The molecule has 0 aromatic rings. The van der Waals surface area contributed by atoms with Crippen LogP contribution in [-0.4, -0.2) is 68.5 Å².